The van der Waals surface area contributed by atoms with Crippen molar-refractivity contribution >= 4 is 5.91 Å². The molecule has 1 atom stereocenters. The van der Waals surface area contributed by atoms with Crippen molar-refractivity contribution in [2.75, 3.05) is 66.6 Å². The van der Waals surface area contributed by atoms with E-state index in [-0.39, 0.29) is 11.9 Å². The van der Waals surface area contributed by atoms with Crippen LogP contribution in [0.2, 0.25) is 0 Å². The average molecular weight is 333 g/mol. The van der Waals surface area contributed by atoms with Crippen molar-refractivity contribution in [1.29, 1.82) is 0 Å². The molecule has 1 unspecified atom stereocenters. The first-order valence-corrected chi connectivity index (χ1v) is 8.60. The van der Waals surface area contributed by atoms with E-state index in [4.69, 9.17) is 9.47 Å². The van der Waals surface area contributed by atoms with Gasteiger partial charge in [0.1, 0.15) is 5.75 Å². The second-order valence-corrected chi connectivity index (χ2v) is 6.47. The highest BCUT2D eigenvalue weighted by Crippen LogP contribution is 2.31. The lowest BCUT2D eigenvalue weighted by Crippen LogP contribution is -2.52. The third kappa shape index (κ3) is 3.88. The van der Waals surface area contributed by atoms with Crippen molar-refractivity contribution in [2.24, 2.45) is 0 Å². The summed E-state index contributed by atoms with van der Waals surface area (Å²) in [5.74, 6) is 1.10. The fourth-order valence-corrected chi connectivity index (χ4v) is 3.43. The van der Waals surface area contributed by atoms with Crippen molar-refractivity contribution in [3.63, 3.8) is 0 Å². The van der Waals surface area contributed by atoms with Crippen molar-refractivity contribution in [3.05, 3.63) is 29.8 Å². The molecule has 6 nitrogen and oxygen atoms in total. The van der Waals surface area contributed by atoms with E-state index in [0.29, 0.717) is 13.1 Å². The Bertz CT molecular complexity index is 560. The zero-order chi connectivity index (χ0) is 16.9. The molecule has 3 rings (SSSR count). The molecule has 132 valence electrons. The number of amides is 1. The Morgan fingerprint density at radius 1 is 1.21 bits per heavy atom. The van der Waals surface area contributed by atoms with Crippen LogP contribution in [0.5, 0.6) is 5.75 Å². The lowest BCUT2D eigenvalue weighted by atomic mass is 10.0. The monoisotopic (exact) mass is 333 g/mol. The van der Waals surface area contributed by atoms with Crippen molar-refractivity contribution < 1.29 is 14.3 Å². The third-order valence-corrected chi connectivity index (χ3v) is 4.96. The number of methoxy groups -OCH3 is 1. The molecule has 2 aliphatic heterocycles. The molecule has 0 aliphatic carbocycles. The molecular formula is C18H27N3O3. The number of carbonyl (C=O) groups excluding carboxylic acids is 1. The highest BCUT2D eigenvalue weighted by molar-refractivity contribution is 5.78. The van der Waals surface area contributed by atoms with E-state index < -0.39 is 0 Å². The van der Waals surface area contributed by atoms with E-state index in [1.54, 1.807) is 7.11 Å². The SMILES string of the molecule is COc1ccccc1C1CN(C(=O)CN2CCOCC2)CCN1C. The van der Waals surface area contributed by atoms with Crippen LogP contribution >= 0.6 is 0 Å². The Morgan fingerprint density at radius 3 is 2.71 bits per heavy atom. The first kappa shape index (κ1) is 17.2. The minimum atomic E-state index is 0.170. The normalized spacial score (nSPS) is 23.2. The van der Waals surface area contributed by atoms with E-state index in [2.05, 4.69) is 22.9 Å². The number of hydrogen-bond donors (Lipinski definition) is 0. The van der Waals surface area contributed by atoms with Crippen LogP contribution in [0.4, 0.5) is 0 Å². The van der Waals surface area contributed by atoms with Crippen LogP contribution < -0.4 is 4.74 Å². The van der Waals surface area contributed by atoms with Gasteiger partial charge in [-0.15, -0.1) is 0 Å². The van der Waals surface area contributed by atoms with E-state index in [9.17, 15) is 4.79 Å². The number of carbonyl (C=O) groups is 1. The van der Waals surface area contributed by atoms with Gasteiger partial charge in [0.2, 0.25) is 5.91 Å². The molecule has 0 saturated carbocycles. The Hall–Kier alpha value is -1.63. The molecular weight excluding hydrogens is 306 g/mol. The van der Waals surface area contributed by atoms with Crippen LogP contribution in [0.1, 0.15) is 11.6 Å². The van der Waals surface area contributed by atoms with Crippen LogP contribution in [0.25, 0.3) is 0 Å². The van der Waals surface area contributed by atoms with E-state index >= 15 is 0 Å². The minimum absolute atomic E-state index is 0.170. The molecule has 2 aliphatic rings. The fourth-order valence-electron chi connectivity index (χ4n) is 3.43. The second kappa shape index (κ2) is 7.96. The fraction of sp³-hybridized carbons (Fsp3) is 0.611. The number of piperazine rings is 1. The highest BCUT2D eigenvalue weighted by Gasteiger charge is 2.30. The van der Waals surface area contributed by atoms with Crippen LogP contribution in [0.3, 0.4) is 0 Å². The molecule has 2 fully saturated rings. The van der Waals surface area contributed by atoms with Gasteiger partial charge in [-0.25, -0.2) is 0 Å². The van der Waals surface area contributed by atoms with E-state index in [1.807, 2.05) is 23.1 Å². The maximum absolute atomic E-state index is 12.7. The summed E-state index contributed by atoms with van der Waals surface area (Å²) in [6.45, 7) is 5.99. The molecule has 0 aromatic heterocycles. The molecule has 2 saturated heterocycles. The van der Waals surface area contributed by atoms with Gasteiger partial charge in [-0.1, -0.05) is 18.2 Å². The molecule has 0 spiro atoms. The van der Waals surface area contributed by atoms with Gasteiger partial charge < -0.3 is 14.4 Å². The standard InChI is InChI=1S/C18H27N3O3/c1-19-7-8-21(18(22)14-20-9-11-24-12-10-20)13-16(19)15-5-3-4-6-17(15)23-2/h3-6,16H,7-14H2,1-2H3. The quantitative estimate of drug-likeness (QED) is 0.817. The average Bonchev–Trinajstić information content (AvgIpc) is 2.63. The van der Waals surface area contributed by atoms with Gasteiger partial charge in [-0.2, -0.15) is 0 Å². The maximum Gasteiger partial charge on any atom is 0.236 e. The number of hydrogen-bond acceptors (Lipinski definition) is 5. The number of rotatable bonds is 4. The first-order valence-electron chi connectivity index (χ1n) is 8.60. The summed E-state index contributed by atoms with van der Waals surface area (Å²) in [4.78, 5) is 19.2. The first-order chi connectivity index (χ1) is 11.7. The lowest BCUT2D eigenvalue weighted by Gasteiger charge is -2.41. The minimum Gasteiger partial charge on any atom is -0.496 e. The van der Waals surface area contributed by atoms with Crippen LogP contribution in [-0.2, 0) is 9.53 Å². The number of likely N-dealkylation sites (N-methyl/N-ethyl adjacent to an activating group) is 1. The van der Waals surface area contributed by atoms with E-state index in [0.717, 1.165) is 50.7 Å². The molecule has 1 aromatic rings. The molecule has 0 radical (unpaired) electrons. The van der Waals surface area contributed by atoms with E-state index in [1.165, 1.54) is 0 Å². The van der Waals surface area contributed by atoms with Crippen molar-refractivity contribution in [3.8, 4) is 5.75 Å². The highest BCUT2D eigenvalue weighted by atomic mass is 16.5. The molecule has 2 heterocycles. The zero-order valence-corrected chi connectivity index (χ0v) is 14.6. The summed E-state index contributed by atoms with van der Waals surface area (Å²) in [7, 11) is 3.81. The Labute approximate surface area is 143 Å². The largest absolute Gasteiger partial charge is 0.496 e. The number of para-hydroxylation sites is 1. The third-order valence-electron chi connectivity index (χ3n) is 4.96. The predicted molar refractivity (Wildman–Crippen MR) is 92.2 cm³/mol. The maximum atomic E-state index is 12.7. The summed E-state index contributed by atoms with van der Waals surface area (Å²) < 4.78 is 10.9. The van der Waals surface area contributed by atoms with Gasteiger partial charge in [0.05, 0.1) is 32.9 Å². The Morgan fingerprint density at radius 2 is 1.96 bits per heavy atom. The molecule has 6 heteroatoms. The second-order valence-electron chi connectivity index (χ2n) is 6.47. The van der Waals surface area contributed by atoms with Gasteiger partial charge in [0, 0.05) is 38.3 Å². The summed E-state index contributed by atoms with van der Waals surface area (Å²) in [6.07, 6.45) is 0. The molecule has 1 aromatic carbocycles. The molecule has 0 bridgehead atoms. The number of nitrogens with zero attached hydrogens (tertiary/aromatic N) is 3. The number of benzene rings is 1. The van der Waals surface area contributed by atoms with Crippen LogP contribution in [0, 0.1) is 0 Å². The van der Waals surface area contributed by atoms with Gasteiger partial charge in [-0.3, -0.25) is 14.6 Å². The summed E-state index contributed by atoms with van der Waals surface area (Å²) in [6, 6.07) is 8.25. The molecule has 1 amide bonds. The van der Waals surface area contributed by atoms with Crippen LogP contribution in [-0.4, -0.2) is 87.2 Å². The van der Waals surface area contributed by atoms with Gasteiger partial charge in [-0.05, 0) is 13.1 Å². The smallest absolute Gasteiger partial charge is 0.236 e. The van der Waals surface area contributed by atoms with Crippen LogP contribution in [0.15, 0.2) is 24.3 Å². The lowest BCUT2D eigenvalue weighted by molar-refractivity contribution is -0.136. The Kier molecular flexibility index (Phi) is 5.71. The predicted octanol–water partition coefficient (Wildman–Crippen LogP) is 0.843. The topological polar surface area (TPSA) is 45.3 Å². The summed E-state index contributed by atoms with van der Waals surface area (Å²) in [5.41, 5.74) is 1.14. The van der Waals surface area contributed by atoms with Gasteiger partial charge in [0.25, 0.3) is 0 Å². The van der Waals surface area contributed by atoms with Crippen molar-refractivity contribution in [1.82, 2.24) is 14.7 Å². The molecule has 0 N–H and O–H groups in total. The summed E-state index contributed by atoms with van der Waals surface area (Å²) in [5, 5.41) is 0. The van der Waals surface area contributed by atoms with Gasteiger partial charge >= 0.3 is 0 Å². The summed E-state index contributed by atoms with van der Waals surface area (Å²) >= 11 is 0. The number of morpholine rings is 1. The van der Waals surface area contributed by atoms with Gasteiger partial charge in [0.15, 0.2) is 0 Å². The van der Waals surface area contributed by atoms with Crippen molar-refractivity contribution in [2.45, 2.75) is 6.04 Å². The number of ether oxygens (including phenoxy) is 2. The zero-order valence-electron chi connectivity index (χ0n) is 14.6. The Balaban J connectivity index is 1.67. The molecule has 24 heavy (non-hydrogen) atoms.